The molecular weight excluding hydrogens is 255 g/mol. The van der Waals surface area contributed by atoms with E-state index < -0.39 is 16.4 Å². The Labute approximate surface area is 107 Å². The van der Waals surface area contributed by atoms with Crippen LogP contribution < -0.4 is 4.90 Å². The van der Waals surface area contributed by atoms with Crippen LogP contribution in [0.5, 0.6) is 0 Å². The summed E-state index contributed by atoms with van der Waals surface area (Å²) < 4.78 is 13.5. The number of halogens is 1. The van der Waals surface area contributed by atoms with Crippen LogP contribution in [0.25, 0.3) is 0 Å². The van der Waals surface area contributed by atoms with Gasteiger partial charge < -0.3 is 4.90 Å². The van der Waals surface area contributed by atoms with Crippen molar-refractivity contribution in [2.45, 2.75) is 6.54 Å². The Hall–Kier alpha value is -1.95. The molecule has 1 aromatic heterocycles. The number of nitro groups is 1. The van der Waals surface area contributed by atoms with Gasteiger partial charge in [0.2, 0.25) is 5.82 Å². The van der Waals surface area contributed by atoms with E-state index in [4.69, 9.17) is 0 Å². The number of thiophene rings is 1. The van der Waals surface area contributed by atoms with E-state index in [-0.39, 0.29) is 5.69 Å². The van der Waals surface area contributed by atoms with Crippen molar-refractivity contribution in [1.82, 2.24) is 0 Å². The first-order valence-corrected chi connectivity index (χ1v) is 6.14. The van der Waals surface area contributed by atoms with Crippen LogP contribution in [-0.2, 0) is 6.54 Å². The fourth-order valence-electron chi connectivity index (χ4n) is 1.71. The van der Waals surface area contributed by atoms with Crippen molar-refractivity contribution in [2.24, 2.45) is 0 Å². The van der Waals surface area contributed by atoms with Crippen LogP contribution in [-0.4, -0.2) is 12.0 Å². The Morgan fingerprint density at radius 1 is 1.39 bits per heavy atom. The summed E-state index contributed by atoms with van der Waals surface area (Å²) in [6, 6.07) is 7.97. The molecule has 0 aliphatic heterocycles. The lowest BCUT2D eigenvalue weighted by molar-refractivity contribution is -0.386. The maximum absolute atomic E-state index is 13.5. The van der Waals surface area contributed by atoms with E-state index in [2.05, 4.69) is 0 Å². The lowest BCUT2D eigenvalue weighted by atomic mass is 10.2. The highest BCUT2D eigenvalue weighted by Gasteiger charge is 2.22. The number of anilines is 1. The monoisotopic (exact) mass is 266 g/mol. The fraction of sp³-hybridized carbons (Fsp3) is 0.167. The molecule has 0 unspecified atom stereocenters. The maximum atomic E-state index is 13.5. The van der Waals surface area contributed by atoms with E-state index in [0.717, 1.165) is 10.9 Å². The van der Waals surface area contributed by atoms with Crippen LogP contribution in [0.15, 0.2) is 35.7 Å². The molecule has 2 aromatic rings. The quantitative estimate of drug-likeness (QED) is 0.629. The van der Waals surface area contributed by atoms with Crippen molar-refractivity contribution in [1.29, 1.82) is 0 Å². The van der Waals surface area contributed by atoms with Crippen LogP contribution in [0, 0.1) is 15.9 Å². The lowest BCUT2D eigenvalue weighted by Crippen LogP contribution is -2.17. The zero-order valence-electron chi connectivity index (χ0n) is 9.67. The molecule has 0 aliphatic rings. The van der Waals surface area contributed by atoms with Crippen molar-refractivity contribution < 1.29 is 9.31 Å². The van der Waals surface area contributed by atoms with Crippen molar-refractivity contribution in [3.63, 3.8) is 0 Å². The van der Waals surface area contributed by atoms with Crippen molar-refractivity contribution in [2.75, 3.05) is 11.9 Å². The molecule has 0 saturated heterocycles. The van der Waals surface area contributed by atoms with Crippen molar-refractivity contribution in [3.8, 4) is 0 Å². The summed E-state index contributed by atoms with van der Waals surface area (Å²) in [6.45, 7) is 0.516. The van der Waals surface area contributed by atoms with Gasteiger partial charge in [-0.05, 0) is 23.6 Å². The number of benzene rings is 1. The highest BCUT2D eigenvalue weighted by atomic mass is 32.1. The van der Waals surface area contributed by atoms with E-state index in [1.807, 2.05) is 17.5 Å². The van der Waals surface area contributed by atoms with Crippen LogP contribution in [0.2, 0.25) is 0 Å². The predicted molar refractivity (Wildman–Crippen MR) is 69.5 cm³/mol. The first-order valence-electron chi connectivity index (χ1n) is 5.26. The van der Waals surface area contributed by atoms with Gasteiger partial charge in [-0.2, -0.15) is 4.39 Å². The van der Waals surface area contributed by atoms with Gasteiger partial charge in [0.1, 0.15) is 5.69 Å². The molecular formula is C12H11FN2O2S. The molecule has 0 N–H and O–H groups in total. The van der Waals surface area contributed by atoms with Gasteiger partial charge in [0.15, 0.2) is 0 Å². The molecule has 1 aromatic carbocycles. The Morgan fingerprint density at radius 3 is 2.78 bits per heavy atom. The fourth-order valence-corrected chi connectivity index (χ4v) is 2.47. The average Bonchev–Trinajstić information content (AvgIpc) is 2.80. The second-order valence-corrected chi connectivity index (χ2v) is 4.83. The molecule has 94 valence electrons. The average molecular weight is 266 g/mol. The van der Waals surface area contributed by atoms with E-state index in [1.165, 1.54) is 6.07 Å². The number of hydrogen-bond donors (Lipinski definition) is 0. The Bertz CT molecular complexity index is 557. The van der Waals surface area contributed by atoms with Crippen LogP contribution >= 0.6 is 11.3 Å². The standard InChI is InChI=1S/C12H11FN2O2S/c1-14(8-9-4-3-7-18-9)11-6-2-5-10(13)12(11)15(16)17/h2-7H,8H2,1H3. The minimum absolute atomic E-state index is 0.286. The second kappa shape index (κ2) is 5.14. The van der Waals surface area contributed by atoms with Crippen molar-refractivity contribution >= 4 is 22.7 Å². The van der Waals surface area contributed by atoms with Gasteiger partial charge in [-0.1, -0.05) is 12.1 Å². The molecule has 0 atom stereocenters. The zero-order chi connectivity index (χ0) is 13.1. The molecule has 0 aliphatic carbocycles. The van der Waals surface area contributed by atoms with E-state index in [1.54, 1.807) is 29.4 Å². The van der Waals surface area contributed by atoms with Crippen LogP contribution in [0.3, 0.4) is 0 Å². The Balaban J connectivity index is 2.32. The molecule has 2 rings (SSSR count). The number of nitrogens with zero attached hydrogens (tertiary/aromatic N) is 2. The summed E-state index contributed by atoms with van der Waals surface area (Å²) in [7, 11) is 1.71. The first kappa shape index (κ1) is 12.5. The Kier molecular flexibility index (Phi) is 3.57. The maximum Gasteiger partial charge on any atom is 0.327 e. The highest BCUT2D eigenvalue weighted by molar-refractivity contribution is 7.09. The number of para-hydroxylation sites is 1. The van der Waals surface area contributed by atoms with Crippen molar-refractivity contribution in [3.05, 3.63) is 56.5 Å². The summed E-state index contributed by atoms with van der Waals surface area (Å²) in [5, 5.41) is 12.8. The largest absolute Gasteiger partial charge is 0.364 e. The molecule has 4 nitrogen and oxygen atoms in total. The van der Waals surface area contributed by atoms with E-state index in [9.17, 15) is 14.5 Å². The van der Waals surface area contributed by atoms with Gasteiger partial charge in [-0.3, -0.25) is 10.1 Å². The normalized spacial score (nSPS) is 10.3. The zero-order valence-corrected chi connectivity index (χ0v) is 10.5. The molecule has 6 heteroatoms. The van der Waals surface area contributed by atoms with Crippen LogP contribution in [0.4, 0.5) is 15.8 Å². The molecule has 0 fully saturated rings. The molecule has 0 spiro atoms. The SMILES string of the molecule is CN(Cc1cccs1)c1cccc(F)c1[N+](=O)[O-]. The molecule has 0 saturated carbocycles. The van der Waals surface area contributed by atoms with Gasteiger partial charge in [0, 0.05) is 11.9 Å². The number of rotatable bonds is 4. The smallest absolute Gasteiger partial charge is 0.327 e. The summed E-state index contributed by atoms with van der Waals surface area (Å²) in [5.41, 5.74) is -0.190. The third-order valence-corrected chi connectivity index (χ3v) is 3.39. The molecule has 0 bridgehead atoms. The van der Waals surface area contributed by atoms with E-state index >= 15 is 0 Å². The number of nitro benzene ring substituents is 1. The minimum Gasteiger partial charge on any atom is -0.364 e. The Morgan fingerprint density at radius 2 is 2.17 bits per heavy atom. The molecule has 0 radical (unpaired) electrons. The minimum atomic E-state index is -0.810. The summed E-state index contributed by atoms with van der Waals surface area (Å²) in [5.74, 6) is -0.810. The van der Waals surface area contributed by atoms with Gasteiger partial charge in [-0.15, -0.1) is 11.3 Å². The first-order chi connectivity index (χ1) is 8.59. The summed E-state index contributed by atoms with van der Waals surface area (Å²) in [4.78, 5) is 12.9. The van der Waals surface area contributed by atoms with Crippen LogP contribution in [0.1, 0.15) is 4.88 Å². The van der Waals surface area contributed by atoms with Gasteiger partial charge in [0.05, 0.1) is 11.5 Å². The van der Waals surface area contributed by atoms with Gasteiger partial charge in [-0.25, -0.2) is 0 Å². The summed E-state index contributed by atoms with van der Waals surface area (Å²) in [6.07, 6.45) is 0. The molecule has 18 heavy (non-hydrogen) atoms. The molecule has 0 amide bonds. The topological polar surface area (TPSA) is 46.4 Å². The number of hydrogen-bond acceptors (Lipinski definition) is 4. The lowest BCUT2D eigenvalue weighted by Gasteiger charge is -2.18. The summed E-state index contributed by atoms with van der Waals surface area (Å²) >= 11 is 1.56. The third-order valence-electron chi connectivity index (χ3n) is 2.53. The van der Waals surface area contributed by atoms with E-state index in [0.29, 0.717) is 6.54 Å². The predicted octanol–water partition coefficient (Wildman–Crippen LogP) is 3.43. The van der Waals surface area contributed by atoms with Gasteiger partial charge >= 0.3 is 5.69 Å². The van der Waals surface area contributed by atoms with Gasteiger partial charge in [0.25, 0.3) is 0 Å². The third kappa shape index (κ3) is 2.48. The second-order valence-electron chi connectivity index (χ2n) is 3.80. The highest BCUT2D eigenvalue weighted by Crippen LogP contribution is 2.31. The molecule has 1 heterocycles.